The van der Waals surface area contributed by atoms with Crippen LogP contribution in [0.25, 0.3) is 5.57 Å². The van der Waals surface area contributed by atoms with Crippen LogP contribution in [0.4, 0.5) is 0 Å². The Labute approximate surface area is 194 Å². The van der Waals surface area contributed by atoms with Crippen LogP contribution in [0, 0.1) is 12.3 Å². The maximum absolute atomic E-state index is 14.0. The van der Waals surface area contributed by atoms with E-state index in [-0.39, 0.29) is 11.2 Å². The number of carbonyl (C=O) groups is 1. The summed E-state index contributed by atoms with van der Waals surface area (Å²) in [5, 5.41) is 0. The van der Waals surface area contributed by atoms with Gasteiger partial charge >= 0.3 is 7.82 Å². The third-order valence-electron chi connectivity index (χ3n) is 5.39. The van der Waals surface area contributed by atoms with Crippen molar-refractivity contribution in [2.75, 3.05) is 0 Å². The molecule has 1 aliphatic rings. The van der Waals surface area contributed by atoms with E-state index in [9.17, 15) is 9.36 Å². The van der Waals surface area contributed by atoms with Crippen LogP contribution in [-0.2, 0) is 13.9 Å². The second-order valence-corrected chi connectivity index (χ2v) is 10.3. The predicted molar refractivity (Wildman–Crippen MR) is 129 cm³/mol. The fourth-order valence-electron chi connectivity index (χ4n) is 3.91. The number of hydrogen-bond acceptors (Lipinski definition) is 5. The summed E-state index contributed by atoms with van der Waals surface area (Å²) in [6.45, 7) is 5.92. The molecule has 0 fully saturated rings. The largest absolute Gasteiger partial charge is 0.646 e. The molecule has 0 saturated heterocycles. The summed E-state index contributed by atoms with van der Waals surface area (Å²) in [7, 11) is -4.20. The monoisotopic (exact) mass is 462 g/mol. The smallest absolute Gasteiger partial charge is 0.390 e. The van der Waals surface area contributed by atoms with Crippen LogP contribution >= 0.6 is 7.82 Å². The normalized spacial score (nSPS) is 15.8. The molecule has 0 spiro atoms. The Morgan fingerprint density at radius 2 is 1.24 bits per heavy atom. The first kappa shape index (κ1) is 22.9. The van der Waals surface area contributed by atoms with E-state index in [1.54, 1.807) is 48.5 Å². The van der Waals surface area contributed by atoms with Crippen LogP contribution < -0.4 is 9.05 Å². The number of rotatable bonds is 7. The molecule has 0 heterocycles. The van der Waals surface area contributed by atoms with Gasteiger partial charge < -0.3 is 13.6 Å². The molecule has 0 aliphatic heterocycles. The van der Waals surface area contributed by atoms with Crippen molar-refractivity contribution in [3.63, 3.8) is 0 Å². The Bertz CT molecular complexity index is 1170. The molecule has 170 valence electrons. The molecule has 0 aromatic heterocycles. The first-order valence-corrected chi connectivity index (χ1v) is 12.3. The number of phosphoric acid groups is 1. The van der Waals surface area contributed by atoms with Crippen LogP contribution in [0.3, 0.4) is 0 Å². The molecule has 0 radical (unpaired) electrons. The zero-order valence-electron chi connectivity index (χ0n) is 19.0. The van der Waals surface area contributed by atoms with Crippen LogP contribution in [-0.4, -0.2) is 5.78 Å². The molecule has 4 rings (SSSR count). The minimum absolute atomic E-state index is 0.0541. The molecule has 3 aromatic carbocycles. The van der Waals surface area contributed by atoms with E-state index in [0.29, 0.717) is 35.7 Å². The van der Waals surface area contributed by atoms with Gasteiger partial charge in [-0.1, -0.05) is 74.5 Å². The lowest BCUT2D eigenvalue weighted by Gasteiger charge is -2.33. The van der Waals surface area contributed by atoms with Crippen LogP contribution in [0.15, 0.2) is 90.7 Å². The van der Waals surface area contributed by atoms with Crippen molar-refractivity contribution in [2.24, 2.45) is 5.41 Å². The zero-order valence-corrected chi connectivity index (χ0v) is 19.9. The highest BCUT2D eigenvalue weighted by Gasteiger charge is 2.41. The maximum atomic E-state index is 14.0. The lowest BCUT2D eigenvalue weighted by atomic mass is 9.75. The summed E-state index contributed by atoms with van der Waals surface area (Å²) in [6, 6.07) is 25.1. The summed E-state index contributed by atoms with van der Waals surface area (Å²) in [5.41, 5.74) is 1.77. The van der Waals surface area contributed by atoms with Gasteiger partial charge in [0.25, 0.3) is 0 Å². The van der Waals surface area contributed by atoms with Crippen LogP contribution in [0.1, 0.15) is 37.8 Å². The first-order chi connectivity index (χ1) is 15.7. The Hall–Kier alpha value is -3.30. The van der Waals surface area contributed by atoms with Crippen molar-refractivity contribution in [1.29, 1.82) is 0 Å². The molecule has 0 saturated carbocycles. The Morgan fingerprint density at radius 3 is 1.79 bits per heavy atom. The minimum atomic E-state index is -4.20. The highest BCUT2D eigenvalue weighted by Crippen LogP contribution is 2.55. The highest BCUT2D eigenvalue weighted by molar-refractivity contribution is 7.49. The van der Waals surface area contributed by atoms with Crippen molar-refractivity contribution in [1.82, 2.24) is 0 Å². The summed E-state index contributed by atoms with van der Waals surface area (Å²) in [5.74, 6) is 0.953. The lowest BCUT2D eigenvalue weighted by Crippen LogP contribution is -2.26. The molecule has 1 aliphatic carbocycles. The van der Waals surface area contributed by atoms with Crippen molar-refractivity contribution in [3.8, 4) is 11.5 Å². The van der Waals surface area contributed by atoms with E-state index >= 15 is 0 Å². The summed E-state index contributed by atoms with van der Waals surface area (Å²) in [6.07, 6.45) is 0.787. The topological polar surface area (TPSA) is 61.8 Å². The Kier molecular flexibility index (Phi) is 6.44. The van der Waals surface area contributed by atoms with Gasteiger partial charge in [-0.3, -0.25) is 4.79 Å². The van der Waals surface area contributed by atoms with Crippen molar-refractivity contribution >= 4 is 19.2 Å². The average molecular weight is 462 g/mol. The number of hydrogen-bond donors (Lipinski definition) is 0. The van der Waals surface area contributed by atoms with Gasteiger partial charge in [0, 0.05) is 12.8 Å². The second kappa shape index (κ2) is 9.29. The number of para-hydroxylation sites is 2. The Balaban J connectivity index is 1.80. The predicted octanol–water partition coefficient (Wildman–Crippen LogP) is 7.38. The molecule has 0 atom stereocenters. The van der Waals surface area contributed by atoms with Crippen molar-refractivity contribution in [3.05, 3.63) is 102 Å². The number of allylic oxidation sites excluding steroid dienone is 2. The molecule has 3 aromatic rings. The molecule has 0 N–H and O–H groups in total. The van der Waals surface area contributed by atoms with Gasteiger partial charge in [0.15, 0.2) is 5.78 Å². The van der Waals surface area contributed by atoms with Gasteiger partial charge in [0.2, 0.25) is 0 Å². The Morgan fingerprint density at radius 1 is 0.727 bits per heavy atom. The van der Waals surface area contributed by atoms with E-state index in [2.05, 4.69) is 0 Å². The van der Waals surface area contributed by atoms with Gasteiger partial charge in [-0.05, 0) is 47.7 Å². The fraction of sp³-hybridized carbons (Fsp3) is 0.222. The molecular weight excluding hydrogens is 435 g/mol. The standard InChI is InChI=1S/C27H27O5P/c1-20-12-10-11-17-23(20)26-24(28)18-27(2,3)19-25(26)32-33(29,30-21-13-6-4-7-14-21)31-22-15-8-5-9-16-22/h4-17H,18-19H2,1-3H3. The zero-order chi connectivity index (χ0) is 23.5. The lowest BCUT2D eigenvalue weighted by molar-refractivity contribution is -0.116. The van der Waals surface area contributed by atoms with Gasteiger partial charge in [0.05, 0.1) is 5.57 Å². The van der Waals surface area contributed by atoms with Crippen molar-refractivity contribution < 1.29 is 22.9 Å². The summed E-state index contributed by atoms with van der Waals surface area (Å²) >= 11 is 0. The average Bonchev–Trinajstić information content (AvgIpc) is 2.75. The molecule has 33 heavy (non-hydrogen) atoms. The number of carbonyl (C=O) groups excluding carboxylic acids is 1. The molecule has 0 bridgehead atoms. The number of aryl methyl sites for hydroxylation is 1. The third kappa shape index (κ3) is 5.55. The molecule has 5 nitrogen and oxygen atoms in total. The van der Waals surface area contributed by atoms with Crippen LogP contribution in [0.5, 0.6) is 11.5 Å². The van der Waals surface area contributed by atoms with E-state index in [1.165, 1.54) is 0 Å². The minimum Gasteiger partial charge on any atom is -0.390 e. The molecule has 0 amide bonds. The van der Waals surface area contributed by atoms with Gasteiger partial charge in [-0.25, -0.2) is 0 Å². The van der Waals surface area contributed by atoms with E-state index < -0.39 is 7.82 Å². The molecule has 0 unspecified atom stereocenters. The number of benzene rings is 3. The third-order valence-corrected chi connectivity index (χ3v) is 6.71. The SMILES string of the molecule is Cc1ccccc1C1=C(OP(=O)(Oc2ccccc2)Oc2ccccc2)CC(C)(C)CC1=O. The number of Topliss-reactive ketones (excluding diaryl/α,β-unsaturated/α-hetero) is 1. The first-order valence-electron chi connectivity index (χ1n) is 10.9. The van der Waals surface area contributed by atoms with Gasteiger partial charge in [-0.15, -0.1) is 0 Å². The fourth-order valence-corrected chi connectivity index (χ4v) is 5.20. The highest BCUT2D eigenvalue weighted by atomic mass is 31.2. The van der Waals surface area contributed by atoms with E-state index in [4.69, 9.17) is 13.6 Å². The summed E-state index contributed by atoms with van der Waals surface area (Å²) in [4.78, 5) is 13.3. The quantitative estimate of drug-likeness (QED) is 0.343. The van der Waals surface area contributed by atoms with Crippen molar-refractivity contribution in [2.45, 2.75) is 33.6 Å². The molecule has 6 heteroatoms. The summed E-state index contributed by atoms with van der Waals surface area (Å²) < 4.78 is 31.7. The van der Waals surface area contributed by atoms with Gasteiger partial charge in [0.1, 0.15) is 17.3 Å². The second-order valence-electron chi connectivity index (χ2n) is 8.90. The van der Waals surface area contributed by atoms with Gasteiger partial charge in [-0.2, -0.15) is 4.57 Å². The number of phosphoric ester groups is 1. The number of ketones is 1. The van der Waals surface area contributed by atoms with E-state index in [0.717, 1.165) is 11.1 Å². The molecular formula is C27H27O5P. The van der Waals surface area contributed by atoms with E-state index in [1.807, 2.05) is 57.2 Å². The maximum Gasteiger partial charge on any atom is 0.646 e. The van der Waals surface area contributed by atoms with Crippen LogP contribution in [0.2, 0.25) is 0 Å².